The zero-order chi connectivity index (χ0) is 17.2. The van der Waals surface area contributed by atoms with Gasteiger partial charge in [0.25, 0.3) is 0 Å². The summed E-state index contributed by atoms with van der Waals surface area (Å²) in [4.78, 5) is 14.4. The van der Waals surface area contributed by atoms with Crippen LogP contribution in [0.5, 0.6) is 0 Å². The molecule has 132 valence electrons. The lowest BCUT2D eigenvalue weighted by Gasteiger charge is -2.32. The van der Waals surface area contributed by atoms with Gasteiger partial charge in [0.1, 0.15) is 0 Å². The van der Waals surface area contributed by atoms with E-state index < -0.39 is 10.0 Å². The topological polar surface area (TPSA) is 81.8 Å². The highest BCUT2D eigenvalue weighted by Gasteiger charge is 2.30. The lowest BCUT2D eigenvalue weighted by molar-refractivity contribution is -0.126. The summed E-state index contributed by atoms with van der Waals surface area (Å²) in [6, 6.07) is 6.92. The van der Waals surface area contributed by atoms with Crippen LogP contribution < -0.4 is 10.6 Å². The van der Waals surface area contributed by atoms with E-state index in [1.54, 1.807) is 24.3 Å². The second kappa shape index (κ2) is 7.18. The van der Waals surface area contributed by atoms with Crippen LogP contribution in [0.3, 0.4) is 0 Å². The smallest absolute Gasteiger partial charge is 0.243 e. The van der Waals surface area contributed by atoms with Gasteiger partial charge in [-0.15, -0.1) is 0 Å². The Morgan fingerprint density at radius 2 is 1.88 bits per heavy atom. The average Bonchev–Trinajstić information content (AvgIpc) is 2.52. The number of carbonyl (C=O) groups is 1. The number of rotatable bonds is 5. The lowest BCUT2D eigenvalue weighted by Crippen LogP contribution is -2.50. The number of piperazine rings is 1. The lowest BCUT2D eigenvalue weighted by atomic mass is 10.0. The molecule has 7 nitrogen and oxygen atoms in total. The van der Waals surface area contributed by atoms with Gasteiger partial charge < -0.3 is 15.5 Å². The predicted octanol–water partition coefficient (Wildman–Crippen LogP) is -0.542. The summed E-state index contributed by atoms with van der Waals surface area (Å²) in [5, 5.41) is 5.91. The van der Waals surface area contributed by atoms with Crippen LogP contribution in [0.2, 0.25) is 0 Å². The maximum atomic E-state index is 12.9. The molecular weight excluding hydrogens is 328 g/mol. The summed E-state index contributed by atoms with van der Waals surface area (Å²) in [5.41, 5.74) is 0.636. The molecule has 2 saturated heterocycles. The summed E-state index contributed by atoms with van der Waals surface area (Å²) >= 11 is 0. The van der Waals surface area contributed by atoms with Crippen LogP contribution in [0.1, 0.15) is 5.56 Å². The molecule has 2 heterocycles. The van der Waals surface area contributed by atoms with Crippen molar-refractivity contribution in [3.05, 3.63) is 29.8 Å². The molecule has 1 aromatic rings. The molecule has 0 saturated carbocycles. The molecular formula is C16H24N4O3S. The summed E-state index contributed by atoms with van der Waals surface area (Å²) in [7, 11) is -1.54. The van der Waals surface area contributed by atoms with Crippen LogP contribution in [-0.2, 0) is 21.4 Å². The summed E-state index contributed by atoms with van der Waals surface area (Å²) in [5.74, 6) is -0.0352. The molecule has 0 bridgehead atoms. The SMILES string of the molecule is CN1CCN(S(=O)(=O)c2ccccc2CNC(=O)C2CNC2)CC1. The van der Waals surface area contributed by atoms with E-state index in [0.29, 0.717) is 36.6 Å². The Balaban J connectivity index is 1.74. The Kier molecular flexibility index (Phi) is 5.19. The summed E-state index contributed by atoms with van der Waals surface area (Å²) < 4.78 is 27.4. The first-order valence-electron chi connectivity index (χ1n) is 8.23. The molecule has 2 N–H and O–H groups in total. The average molecular weight is 352 g/mol. The van der Waals surface area contributed by atoms with Crippen molar-refractivity contribution in [2.75, 3.05) is 46.3 Å². The van der Waals surface area contributed by atoms with Gasteiger partial charge in [-0.3, -0.25) is 4.79 Å². The van der Waals surface area contributed by atoms with Gasteiger partial charge in [0.2, 0.25) is 15.9 Å². The molecule has 0 radical (unpaired) electrons. The van der Waals surface area contributed by atoms with E-state index >= 15 is 0 Å². The van der Waals surface area contributed by atoms with E-state index in [1.807, 2.05) is 7.05 Å². The Hall–Kier alpha value is -1.48. The van der Waals surface area contributed by atoms with Gasteiger partial charge in [-0.25, -0.2) is 8.42 Å². The van der Waals surface area contributed by atoms with E-state index in [9.17, 15) is 13.2 Å². The molecule has 24 heavy (non-hydrogen) atoms. The second-order valence-electron chi connectivity index (χ2n) is 6.39. The Morgan fingerprint density at radius 1 is 1.21 bits per heavy atom. The normalized spacial score (nSPS) is 20.5. The maximum absolute atomic E-state index is 12.9. The molecule has 0 aliphatic carbocycles. The number of carbonyl (C=O) groups excluding carboxylic acids is 1. The minimum Gasteiger partial charge on any atom is -0.352 e. The quantitative estimate of drug-likeness (QED) is 0.744. The molecule has 1 amide bonds. The van der Waals surface area contributed by atoms with E-state index in [4.69, 9.17) is 0 Å². The van der Waals surface area contributed by atoms with E-state index in [2.05, 4.69) is 15.5 Å². The number of amides is 1. The van der Waals surface area contributed by atoms with Crippen molar-refractivity contribution in [1.82, 2.24) is 19.8 Å². The molecule has 8 heteroatoms. The Labute approximate surface area is 143 Å². The van der Waals surface area contributed by atoms with Crippen LogP contribution >= 0.6 is 0 Å². The zero-order valence-electron chi connectivity index (χ0n) is 13.9. The maximum Gasteiger partial charge on any atom is 0.243 e. The first kappa shape index (κ1) is 17.3. The van der Waals surface area contributed by atoms with Gasteiger partial charge in [-0.05, 0) is 18.7 Å². The Morgan fingerprint density at radius 3 is 2.50 bits per heavy atom. The van der Waals surface area contributed by atoms with Gasteiger partial charge in [-0.1, -0.05) is 18.2 Å². The summed E-state index contributed by atoms with van der Waals surface area (Å²) in [6.45, 7) is 4.05. The zero-order valence-corrected chi connectivity index (χ0v) is 14.7. The van der Waals surface area contributed by atoms with Crippen molar-refractivity contribution in [1.29, 1.82) is 0 Å². The van der Waals surface area contributed by atoms with Crippen LogP contribution in [-0.4, -0.2) is 69.8 Å². The van der Waals surface area contributed by atoms with Gasteiger partial charge in [0, 0.05) is 45.8 Å². The van der Waals surface area contributed by atoms with Gasteiger partial charge >= 0.3 is 0 Å². The minimum atomic E-state index is -3.53. The first-order valence-corrected chi connectivity index (χ1v) is 9.67. The van der Waals surface area contributed by atoms with Crippen molar-refractivity contribution in [2.45, 2.75) is 11.4 Å². The van der Waals surface area contributed by atoms with Gasteiger partial charge in [-0.2, -0.15) is 4.31 Å². The van der Waals surface area contributed by atoms with Crippen LogP contribution in [0.4, 0.5) is 0 Å². The van der Waals surface area contributed by atoms with Crippen molar-refractivity contribution in [2.24, 2.45) is 5.92 Å². The first-order chi connectivity index (χ1) is 11.5. The van der Waals surface area contributed by atoms with Crippen molar-refractivity contribution < 1.29 is 13.2 Å². The van der Waals surface area contributed by atoms with Crippen molar-refractivity contribution in [3.63, 3.8) is 0 Å². The highest BCUT2D eigenvalue weighted by molar-refractivity contribution is 7.89. The highest BCUT2D eigenvalue weighted by atomic mass is 32.2. The number of sulfonamides is 1. The fourth-order valence-corrected chi connectivity index (χ4v) is 4.51. The molecule has 0 spiro atoms. The molecule has 2 fully saturated rings. The standard InChI is InChI=1S/C16H24N4O3S/c1-19-6-8-20(9-7-19)24(22,23)15-5-3-2-4-13(15)12-18-16(21)14-10-17-11-14/h2-5,14,17H,6-12H2,1H3,(H,18,21). The molecule has 3 rings (SSSR count). The molecule has 0 aromatic heterocycles. The number of likely N-dealkylation sites (N-methyl/N-ethyl adjacent to an activating group) is 1. The monoisotopic (exact) mass is 352 g/mol. The third kappa shape index (κ3) is 3.61. The minimum absolute atomic E-state index is 0.00796. The number of hydrogen-bond donors (Lipinski definition) is 2. The molecule has 1 aromatic carbocycles. The van der Waals surface area contributed by atoms with Gasteiger partial charge in [0.05, 0.1) is 10.8 Å². The Bertz CT molecular complexity index is 695. The number of benzene rings is 1. The van der Waals surface area contributed by atoms with E-state index in [-0.39, 0.29) is 18.4 Å². The van der Waals surface area contributed by atoms with E-state index in [0.717, 1.165) is 13.1 Å². The van der Waals surface area contributed by atoms with Gasteiger partial charge in [0.15, 0.2) is 0 Å². The third-order valence-electron chi connectivity index (χ3n) is 4.66. The number of hydrogen-bond acceptors (Lipinski definition) is 5. The number of nitrogens with one attached hydrogen (secondary N) is 2. The molecule has 0 atom stereocenters. The van der Waals surface area contributed by atoms with E-state index in [1.165, 1.54) is 4.31 Å². The third-order valence-corrected chi connectivity index (χ3v) is 6.66. The van der Waals surface area contributed by atoms with Crippen molar-refractivity contribution >= 4 is 15.9 Å². The van der Waals surface area contributed by atoms with Crippen LogP contribution in [0, 0.1) is 5.92 Å². The molecule has 2 aliphatic heterocycles. The predicted molar refractivity (Wildman–Crippen MR) is 90.9 cm³/mol. The molecule has 2 aliphatic rings. The second-order valence-corrected chi connectivity index (χ2v) is 8.29. The molecule has 0 unspecified atom stereocenters. The van der Waals surface area contributed by atoms with Crippen LogP contribution in [0.25, 0.3) is 0 Å². The largest absolute Gasteiger partial charge is 0.352 e. The van der Waals surface area contributed by atoms with Crippen molar-refractivity contribution in [3.8, 4) is 0 Å². The fourth-order valence-electron chi connectivity index (χ4n) is 2.87. The van der Waals surface area contributed by atoms with Crippen LogP contribution in [0.15, 0.2) is 29.2 Å². The fraction of sp³-hybridized carbons (Fsp3) is 0.562. The highest BCUT2D eigenvalue weighted by Crippen LogP contribution is 2.21. The summed E-state index contributed by atoms with van der Waals surface area (Å²) in [6.07, 6.45) is 0. The number of nitrogens with zero attached hydrogens (tertiary/aromatic N) is 2.